The first-order valence-corrected chi connectivity index (χ1v) is 7.60. The van der Waals surface area contributed by atoms with Gasteiger partial charge in [0.25, 0.3) is 0 Å². The zero-order valence-corrected chi connectivity index (χ0v) is 12.0. The highest BCUT2D eigenvalue weighted by Crippen LogP contribution is 2.21. The molecular weight excluding hydrogens is 282 g/mol. The van der Waals surface area contributed by atoms with E-state index < -0.39 is 5.97 Å². The van der Waals surface area contributed by atoms with E-state index in [2.05, 4.69) is 17.1 Å². The van der Waals surface area contributed by atoms with Crippen molar-refractivity contribution in [2.45, 2.75) is 5.75 Å². The molecule has 1 heterocycles. The minimum Gasteiger partial charge on any atom is -0.402 e. The predicted molar refractivity (Wildman–Crippen MR) is 84.9 cm³/mol. The Bertz CT molecular complexity index is 693. The summed E-state index contributed by atoms with van der Waals surface area (Å²) in [6.45, 7) is 0. The normalized spacial score (nSPS) is 15.9. The summed E-state index contributed by atoms with van der Waals surface area (Å²) in [6, 6.07) is 19.5. The largest absolute Gasteiger partial charge is 0.402 e. The molecule has 2 aromatic rings. The van der Waals surface area contributed by atoms with Crippen LogP contribution in [0, 0.1) is 0 Å². The molecule has 104 valence electrons. The van der Waals surface area contributed by atoms with E-state index >= 15 is 0 Å². The van der Waals surface area contributed by atoms with Crippen molar-refractivity contribution in [3.8, 4) is 0 Å². The molecule has 0 amide bonds. The molecule has 0 atom stereocenters. The first-order valence-electron chi connectivity index (χ1n) is 6.55. The van der Waals surface area contributed by atoms with Gasteiger partial charge in [0.1, 0.15) is 0 Å². The maximum absolute atomic E-state index is 11.8. The Balaban J connectivity index is 1.69. The second-order valence-electron chi connectivity index (χ2n) is 4.47. The first kappa shape index (κ1) is 13.6. The molecule has 0 spiro atoms. The molecular formula is C17H13NO2S. The van der Waals surface area contributed by atoms with Gasteiger partial charge in [0.2, 0.25) is 5.90 Å². The number of thioether (sulfide) groups is 1. The van der Waals surface area contributed by atoms with Crippen LogP contribution in [-0.2, 0) is 15.3 Å². The maximum atomic E-state index is 11.8. The molecule has 0 N–H and O–H groups in total. The number of nitrogens with zero attached hydrogens (tertiary/aromatic N) is 1. The number of carbonyl (C=O) groups is 1. The highest BCUT2D eigenvalue weighted by Gasteiger charge is 2.23. The lowest BCUT2D eigenvalue weighted by atomic mass is 10.2. The van der Waals surface area contributed by atoms with Crippen molar-refractivity contribution in [1.82, 2.24) is 0 Å². The number of cyclic esters (lactones) is 1. The van der Waals surface area contributed by atoms with Gasteiger partial charge in [-0.25, -0.2) is 9.79 Å². The molecule has 0 aliphatic carbocycles. The Labute approximate surface area is 127 Å². The van der Waals surface area contributed by atoms with Crippen molar-refractivity contribution >= 4 is 23.6 Å². The lowest BCUT2D eigenvalue weighted by molar-refractivity contribution is -0.130. The molecule has 0 fully saturated rings. The van der Waals surface area contributed by atoms with Crippen LogP contribution < -0.4 is 0 Å². The maximum Gasteiger partial charge on any atom is 0.364 e. The minimum absolute atomic E-state index is 0.356. The van der Waals surface area contributed by atoms with Crippen molar-refractivity contribution in [2.75, 3.05) is 0 Å². The van der Waals surface area contributed by atoms with Crippen LogP contribution in [0.25, 0.3) is 0 Å². The molecule has 0 saturated carbocycles. The fraction of sp³-hybridized carbons (Fsp3) is 0.0588. The molecule has 1 aliphatic rings. The van der Waals surface area contributed by atoms with E-state index in [1.165, 1.54) is 17.3 Å². The zero-order chi connectivity index (χ0) is 14.5. The summed E-state index contributed by atoms with van der Waals surface area (Å²) in [5.41, 5.74) is 2.37. The first-order chi connectivity index (χ1) is 10.3. The smallest absolute Gasteiger partial charge is 0.364 e. The lowest BCUT2D eigenvalue weighted by Crippen LogP contribution is -2.04. The van der Waals surface area contributed by atoms with Crippen LogP contribution >= 0.6 is 11.8 Å². The second kappa shape index (κ2) is 6.41. The summed E-state index contributed by atoms with van der Waals surface area (Å²) in [5, 5.41) is 1.76. The molecule has 0 unspecified atom stereocenters. The lowest BCUT2D eigenvalue weighted by Gasteiger charge is -1.97. The number of carbonyl (C=O) groups excluding carboxylic acids is 1. The summed E-state index contributed by atoms with van der Waals surface area (Å²) in [6.07, 6.45) is 0. The van der Waals surface area contributed by atoms with Crippen LogP contribution in [0.4, 0.5) is 0 Å². The molecule has 0 aromatic heterocycles. The number of esters is 1. The van der Waals surface area contributed by atoms with Gasteiger partial charge in [-0.1, -0.05) is 48.5 Å². The van der Waals surface area contributed by atoms with Gasteiger partial charge in [-0.3, -0.25) is 0 Å². The van der Waals surface area contributed by atoms with Gasteiger partial charge < -0.3 is 4.74 Å². The highest BCUT2D eigenvalue weighted by atomic mass is 32.2. The Morgan fingerprint density at radius 1 is 1.00 bits per heavy atom. The second-order valence-corrected chi connectivity index (χ2v) is 5.33. The van der Waals surface area contributed by atoms with Gasteiger partial charge >= 0.3 is 5.97 Å². The number of ether oxygens (including phenoxy) is 1. The molecule has 1 aliphatic heterocycles. The van der Waals surface area contributed by atoms with Crippen molar-refractivity contribution in [1.29, 1.82) is 0 Å². The monoisotopic (exact) mass is 295 g/mol. The van der Waals surface area contributed by atoms with E-state index in [1.54, 1.807) is 5.41 Å². The van der Waals surface area contributed by atoms with Crippen LogP contribution in [-0.4, -0.2) is 11.9 Å². The summed E-state index contributed by atoms with van der Waals surface area (Å²) in [7, 11) is 0. The third kappa shape index (κ3) is 3.41. The molecule has 3 rings (SSSR count). The van der Waals surface area contributed by atoms with E-state index in [-0.39, 0.29) is 0 Å². The number of hydrogen-bond acceptors (Lipinski definition) is 4. The SMILES string of the molecule is O=C1OC(c2ccccc2)=NC1=CSCc1ccccc1. The Hall–Kier alpha value is -2.33. The van der Waals surface area contributed by atoms with E-state index in [0.29, 0.717) is 11.6 Å². The van der Waals surface area contributed by atoms with Crippen molar-refractivity contribution in [3.63, 3.8) is 0 Å². The molecule has 0 saturated heterocycles. The Morgan fingerprint density at radius 3 is 2.38 bits per heavy atom. The average molecular weight is 295 g/mol. The molecule has 3 nitrogen and oxygen atoms in total. The third-order valence-electron chi connectivity index (χ3n) is 2.93. The van der Waals surface area contributed by atoms with Crippen LogP contribution in [0.3, 0.4) is 0 Å². The molecule has 2 aromatic carbocycles. The summed E-state index contributed by atoms with van der Waals surface area (Å²) < 4.78 is 5.19. The van der Waals surface area contributed by atoms with Gasteiger partial charge in [-0.05, 0) is 17.7 Å². The number of aliphatic imine (C=N–C) groups is 1. The summed E-state index contributed by atoms with van der Waals surface area (Å²) in [4.78, 5) is 16.0. The number of hydrogen-bond donors (Lipinski definition) is 0. The van der Waals surface area contributed by atoms with Gasteiger partial charge in [0.15, 0.2) is 5.70 Å². The molecule has 0 bridgehead atoms. The third-order valence-corrected chi connectivity index (χ3v) is 3.82. The average Bonchev–Trinajstić information content (AvgIpc) is 2.91. The van der Waals surface area contributed by atoms with E-state index in [9.17, 15) is 4.79 Å². The predicted octanol–water partition coefficient (Wildman–Crippen LogP) is 3.76. The summed E-state index contributed by atoms with van der Waals surface area (Å²) >= 11 is 1.53. The van der Waals surface area contributed by atoms with Crippen LogP contribution in [0.5, 0.6) is 0 Å². The van der Waals surface area contributed by atoms with Gasteiger partial charge in [0, 0.05) is 16.7 Å². The van der Waals surface area contributed by atoms with Crippen molar-refractivity contribution in [2.24, 2.45) is 4.99 Å². The number of rotatable bonds is 4. The van der Waals surface area contributed by atoms with Gasteiger partial charge in [-0.2, -0.15) is 0 Å². The van der Waals surface area contributed by atoms with Crippen molar-refractivity contribution < 1.29 is 9.53 Å². The van der Waals surface area contributed by atoms with E-state index in [0.717, 1.165) is 11.3 Å². The molecule has 4 heteroatoms. The number of benzene rings is 2. The van der Waals surface area contributed by atoms with Crippen LogP contribution in [0.2, 0.25) is 0 Å². The zero-order valence-electron chi connectivity index (χ0n) is 11.2. The standard InChI is InChI=1S/C17H13NO2S/c19-17-15(12-21-11-13-7-3-1-4-8-13)18-16(20-17)14-9-5-2-6-10-14/h1-10,12H,11H2. The van der Waals surface area contributed by atoms with Crippen molar-refractivity contribution in [3.05, 3.63) is 82.9 Å². The van der Waals surface area contributed by atoms with Gasteiger partial charge in [-0.15, -0.1) is 11.8 Å². The highest BCUT2D eigenvalue weighted by molar-refractivity contribution is 8.01. The quantitative estimate of drug-likeness (QED) is 0.636. The van der Waals surface area contributed by atoms with E-state index in [1.807, 2.05) is 48.5 Å². The van der Waals surface area contributed by atoms with Gasteiger partial charge in [0.05, 0.1) is 0 Å². The van der Waals surface area contributed by atoms with Crippen LogP contribution in [0.15, 0.2) is 76.8 Å². The Morgan fingerprint density at radius 2 is 1.67 bits per heavy atom. The fourth-order valence-electron chi connectivity index (χ4n) is 1.89. The van der Waals surface area contributed by atoms with Crippen LogP contribution in [0.1, 0.15) is 11.1 Å². The van der Waals surface area contributed by atoms with E-state index in [4.69, 9.17) is 4.74 Å². The minimum atomic E-state index is -0.394. The molecule has 0 radical (unpaired) electrons. The Kier molecular flexibility index (Phi) is 4.17. The summed E-state index contributed by atoms with van der Waals surface area (Å²) in [5.74, 6) is 0.773. The molecule has 21 heavy (non-hydrogen) atoms. The topological polar surface area (TPSA) is 38.7 Å². The fourth-order valence-corrected chi connectivity index (χ4v) is 2.66.